The van der Waals surface area contributed by atoms with E-state index in [1.54, 1.807) is 18.3 Å². The Labute approximate surface area is 195 Å². The third kappa shape index (κ3) is 4.42. The minimum absolute atomic E-state index is 0.405. The number of anilines is 5. The van der Waals surface area contributed by atoms with Crippen molar-refractivity contribution in [2.45, 2.75) is 6.92 Å². The molecule has 0 atom stereocenters. The van der Waals surface area contributed by atoms with Crippen LogP contribution in [-0.4, -0.2) is 53.1 Å². The molecule has 0 unspecified atom stereocenters. The molecule has 0 saturated carbocycles. The van der Waals surface area contributed by atoms with Gasteiger partial charge in [0.15, 0.2) is 5.58 Å². The minimum Gasteiger partial charge on any atom is -0.408 e. The lowest BCUT2D eigenvalue weighted by Crippen LogP contribution is -2.44. The second kappa shape index (κ2) is 8.88. The van der Waals surface area contributed by atoms with Crippen LogP contribution in [0.5, 0.6) is 0 Å². The Balaban J connectivity index is 1.36. The average Bonchev–Trinajstić information content (AvgIpc) is 3.21. The normalized spacial score (nSPS) is 14.2. The fourth-order valence-corrected chi connectivity index (χ4v) is 3.95. The van der Waals surface area contributed by atoms with E-state index < -0.39 is 5.76 Å². The maximum absolute atomic E-state index is 11.4. The highest BCUT2D eigenvalue weighted by atomic mass is 16.4. The van der Waals surface area contributed by atoms with Gasteiger partial charge in [0.05, 0.1) is 16.8 Å². The van der Waals surface area contributed by atoms with Gasteiger partial charge in [-0.15, -0.1) is 0 Å². The number of fused-ring (bicyclic) bond motifs is 1. The van der Waals surface area contributed by atoms with Crippen LogP contribution in [0.4, 0.5) is 28.8 Å². The Morgan fingerprint density at radius 2 is 1.85 bits per heavy atom. The van der Waals surface area contributed by atoms with Gasteiger partial charge >= 0.3 is 5.76 Å². The first kappa shape index (κ1) is 21.5. The van der Waals surface area contributed by atoms with E-state index in [9.17, 15) is 10.1 Å². The van der Waals surface area contributed by atoms with Crippen LogP contribution in [0.1, 0.15) is 11.1 Å². The number of H-pyrrole nitrogens is 1. The highest BCUT2D eigenvalue weighted by Crippen LogP contribution is 2.27. The van der Waals surface area contributed by atoms with Gasteiger partial charge in [0.1, 0.15) is 11.9 Å². The summed E-state index contributed by atoms with van der Waals surface area (Å²) < 4.78 is 5.05. The monoisotopic (exact) mass is 456 g/mol. The Morgan fingerprint density at radius 3 is 2.65 bits per heavy atom. The number of aromatic nitrogens is 3. The largest absolute Gasteiger partial charge is 0.417 e. The summed E-state index contributed by atoms with van der Waals surface area (Å²) >= 11 is 0. The Hall–Kier alpha value is -4.36. The number of oxazole rings is 1. The summed E-state index contributed by atoms with van der Waals surface area (Å²) in [7, 11) is 2.11. The van der Waals surface area contributed by atoms with Gasteiger partial charge in [-0.1, -0.05) is 0 Å². The molecule has 1 aliphatic heterocycles. The number of rotatable bonds is 5. The summed E-state index contributed by atoms with van der Waals surface area (Å²) in [5.41, 5.74) is 5.00. The first-order valence-corrected chi connectivity index (χ1v) is 11.0. The first-order valence-electron chi connectivity index (χ1n) is 11.0. The molecule has 0 aliphatic carbocycles. The summed E-state index contributed by atoms with van der Waals surface area (Å²) in [6.45, 7) is 5.64. The molecule has 2 aromatic heterocycles. The summed E-state index contributed by atoms with van der Waals surface area (Å²) in [6.07, 6.45) is 1.72. The molecule has 1 fully saturated rings. The van der Waals surface area contributed by atoms with E-state index in [2.05, 4.69) is 48.5 Å². The molecule has 172 valence electrons. The van der Waals surface area contributed by atoms with Crippen LogP contribution in [-0.2, 0) is 0 Å². The predicted molar refractivity (Wildman–Crippen MR) is 131 cm³/mol. The molecule has 0 bridgehead atoms. The maximum Gasteiger partial charge on any atom is 0.417 e. The Morgan fingerprint density at radius 1 is 1.09 bits per heavy atom. The van der Waals surface area contributed by atoms with Gasteiger partial charge < -0.3 is 24.9 Å². The summed E-state index contributed by atoms with van der Waals surface area (Å²) in [5.74, 6) is 0.534. The van der Waals surface area contributed by atoms with Crippen molar-refractivity contribution in [3.05, 3.63) is 64.3 Å². The van der Waals surface area contributed by atoms with Crippen LogP contribution in [0.15, 0.2) is 51.8 Å². The van der Waals surface area contributed by atoms with Crippen LogP contribution >= 0.6 is 0 Å². The van der Waals surface area contributed by atoms with Gasteiger partial charge in [-0.2, -0.15) is 10.2 Å². The van der Waals surface area contributed by atoms with Crippen molar-refractivity contribution in [2.24, 2.45) is 0 Å². The van der Waals surface area contributed by atoms with E-state index in [1.807, 2.05) is 31.2 Å². The SMILES string of the molecule is Cc1cnc(Nc2ccc(N3CCN(C)CC3)c(C#N)c2)nc1Nc1ccc2oc(=O)[nH]c2c1. The zero-order chi connectivity index (χ0) is 23.7. The highest BCUT2D eigenvalue weighted by molar-refractivity contribution is 5.78. The van der Waals surface area contributed by atoms with E-state index >= 15 is 0 Å². The fourth-order valence-electron chi connectivity index (χ4n) is 3.95. The van der Waals surface area contributed by atoms with Gasteiger partial charge in [0.2, 0.25) is 5.95 Å². The van der Waals surface area contributed by atoms with Crippen LogP contribution < -0.4 is 21.3 Å². The van der Waals surface area contributed by atoms with E-state index in [0.29, 0.717) is 28.4 Å². The molecule has 3 N–H and O–H groups in total. The molecule has 2 aromatic carbocycles. The van der Waals surface area contributed by atoms with E-state index in [0.717, 1.165) is 48.8 Å². The quantitative estimate of drug-likeness (QED) is 0.414. The minimum atomic E-state index is -0.493. The summed E-state index contributed by atoms with van der Waals surface area (Å²) in [6, 6.07) is 13.4. The summed E-state index contributed by atoms with van der Waals surface area (Å²) in [5, 5.41) is 16.2. The van der Waals surface area contributed by atoms with E-state index in [4.69, 9.17) is 4.42 Å². The van der Waals surface area contributed by atoms with Gasteiger partial charge in [0.25, 0.3) is 0 Å². The van der Waals surface area contributed by atoms with Gasteiger partial charge in [-0.05, 0) is 50.4 Å². The van der Waals surface area contributed by atoms with Crippen molar-refractivity contribution in [1.82, 2.24) is 19.9 Å². The van der Waals surface area contributed by atoms with E-state index in [1.165, 1.54) is 0 Å². The Kier molecular flexibility index (Phi) is 5.61. The molecule has 5 rings (SSSR count). The molecule has 4 aromatic rings. The van der Waals surface area contributed by atoms with Crippen LogP contribution in [0.2, 0.25) is 0 Å². The van der Waals surface area contributed by atoms with Gasteiger partial charge in [0, 0.05) is 49.3 Å². The number of nitrogens with one attached hydrogen (secondary N) is 3. The maximum atomic E-state index is 11.4. The number of likely N-dealkylation sites (N-methyl/N-ethyl adjacent to an activating group) is 1. The lowest BCUT2D eigenvalue weighted by Gasteiger charge is -2.34. The predicted octanol–water partition coefficient (Wildman–Crippen LogP) is 3.33. The smallest absolute Gasteiger partial charge is 0.408 e. The molecule has 34 heavy (non-hydrogen) atoms. The van der Waals surface area contributed by atoms with Crippen molar-refractivity contribution in [2.75, 3.05) is 48.8 Å². The van der Waals surface area contributed by atoms with Crippen molar-refractivity contribution >= 4 is 39.9 Å². The van der Waals surface area contributed by atoms with Crippen LogP contribution in [0.3, 0.4) is 0 Å². The van der Waals surface area contributed by atoms with E-state index in [-0.39, 0.29) is 0 Å². The molecule has 0 spiro atoms. The molecule has 10 nitrogen and oxygen atoms in total. The molecular weight excluding hydrogens is 432 g/mol. The molecule has 0 radical (unpaired) electrons. The van der Waals surface area contributed by atoms with Crippen molar-refractivity contribution in [3.63, 3.8) is 0 Å². The molecule has 10 heteroatoms. The van der Waals surface area contributed by atoms with Crippen molar-refractivity contribution < 1.29 is 4.42 Å². The number of benzene rings is 2. The molecule has 0 amide bonds. The number of aromatic amines is 1. The number of piperazine rings is 1. The average molecular weight is 457 g/mol. The lowest BCUT2D eigenvalue weighted by molar-refractivity contribution is 0.313. The Bertz CT molecular complexity index is 1440. The van der Waals surface area contributed by atoms with Gasteiger partial charge in [-0.3, -0.25) is 4.98 Å². The zero-order valence-corrected chi connectivity index (χ0v) is 18.9. The third-order valence-corrected chi connectivity index (χ3v) is 5.87. The number of hydrogen-bond acceptors (Lipinski definition) is 9. The van der Waals surface area contributed by atoms with Gasteiger partial charge in [-0.25, -0.2) is 9.78 Å². The highest BCUT2D eigenvalue weighted by Gasteiger charge is 2.17. The van der Waals surface area contributed by atoms with Crippen LogP contribution in [0.25, 0.3) is 11.1 Å². The topological polar surface area (TPSA) is 126 Å². The number of nitriles is 1. The number of aryl methyl sites for hydroxylation is 1. The van der Waals surface area contributed by atoms with Crippen molar-refractivity contribution in [3.8, 4) is 6.07 Å². The molecule has 3 heterocycles. The molecule has 1 aliphatic rings. The zero-order valence-electron chi connectivity index (χ0n) is 18.9. The standard InChI is InChI=1S/C24H24N8O2/c1-15-14-26-23(30-22(15)27-18-4-6-21-19(12-18)29-24(33)34-21)28-17-3-5-20(16(11-17)13-25)32-9-7-31(2)8-10-32/h3-6,11-12,14H,7-10H2,1-2H3,(H,29,33)(H2,26,27,28,30). The second-order valence-electron chi connectivity index (χ2n) is 8.33. The number of nitrogens with zero attached hydrogens (tertiary/aromatic N) is 5. The first-order chi connectivity index (χ1) is 16.5. The molecule has 1 saturated heterocycles. The fraction of sp³-hybridized carbons (Fsp3) is 0.250. The van der Waals surface area contributed by atoms with Crippen molar-refractivity contribution in [1.29, 1.82) is 5.26 Å². The summed E-state index contributed by atoms with van der Waals surface area (Å²) in [4.78, 5) is 27.6. The second-order valence-corrected chi connectivity index (χ2v) is 8.33. The third-order valence-electron chi connectivity index (χ3n) is 5.87. The number of hydrogen-bond donors (Lipinski definition) is 3. The lowest BCUT2D eigenvalue weighted by atomic mass is 10.1. The molecular formula is C24H24N8O2. The van der Waals surface area contributed by atoms with Crippen LogP contribution in [0, 0.1) is 18.3 Å².